The predicted molar refractivity (Wildman–Crippen MR) is 65.5 cm³/mol. The van der Waals surface area contributed by atoms with Crippen molar-refractivity contribution >= 4 is 0 Å². The molecule has 0 radical (unpaired) electrons. The smallest absolute Gasteiger partial charge is 0.0233 e. The molecular formula is C13H23N. The molecule has 0 fully saturated rings. The highest BCUT2D eigenvalue weighted by molar-refractivity contribution is 5.26. The zero-order valence-electron chi connectivity index (χ0n) is 10.2. The van der Waals surface area contributed by atoms with Crippen molar-refractivity contribution in [3.8, 4) is 0 Å². The van der Waals surface area contributed by atoms with E-state index in [1.807, 2.05) is 6.08 Å². The van der Waals surface area contributed by atoms with Gasteiger partial charge < -0.3 is 0 Å². The van der Waals surface area contributed by atoms with E-state index in [1.54, 1.807) is 0 Å². The summed E-state index contributed by atoms with van der Waals surface area (Å²) in [5.74, 6) is 0. The molecule has 0 rings (SSSR count). The molecule has 0 heterocycles. The second kappa shape index (κ2) is 6.61. The van der Waals surface area contributed by atoms with Crippen LogP contribution in [0, 0.1) is 0 Å². The fourth-order valence-electron chi connectivity index (χ4n) is 1.14. The van der Waals surface area contributed by atoms with Gasteiger partial charge in [-0.15, -0.1) is 0 Å². The molecule has 80 valence electrons. The van der Waals surface area contributed by atoms with Crippen LogP contribution in [0.4, 0.5) is 0 Å². The van der Waals surface area contributed by atoms with Crippen molar-refractivity contribution in [1.29, 1.82) is 0 Å². The van der Waals surface area contributed by atoms with Crippen molar-refractivity contribution < 1.29 is 0 Å². The number of nitrogens with zero attached hydrogens (tertiary/aromatic N) is 1. The van der Waals surface area contributed by atoms with E-state index in [-0.39, 0.29) is 0 Å². The summed E-state index contributed by atoms with van der Waals surface area (Å²) in [7, 11) is 2.14. The minimum absolute atomic E-state index is 0.578. The number of likely N-dealkylation sites (N-methyl/N-ethyl adjacent to an activating group) is 1. The zero-order valence-corrected chi connectivity index (χ0v) is 10.2. The van der Waals surface area contributed by atoms with Crippen LogP contribution in [-0.2, 0) is 0 Å². The Morgan fingerprint density at radius 1 is 1.36 bits per heavy atom. The van der Waals surface area contributed by atoms with Crippen LogP contribution in [0.3, 0.4) is 0 Å². The summed E-state index contributed by atoms with van der Waals surface area (Å²) < 4.78 is 0. The molecule has 0 aliphatic heterocycles. The van der Waals surface area contributed by atoms with Gasteiger partial charge in [0.15, 0.2) is 0 Å². The third-order valence-electron chi connectivity index (χ3n) is 2.12. The van der Waals surface area contributed by atoms with E-state index in [1.165, 1.54) is 11.1 Å². The largest absolute Gasteiger partial charge is 0.300 e. The van der Waals surface area contributed by atoms with Crippen molar-refractivity contribution in [2.75, 3.05) is 13.6 Å². The fourth-order valence-corrected chi connectivity index (χ4v) is 1.14. The molecule has 0 aromatic rings. The summed E-state index contributed by atoms with van der Waals surface area (Å²) in [5, 5.41) is 0. The first kappa shape index (κ1) is 13.2. The van der Waals surface area contributed by atoms with Crippen LogP contribution in [0.1, 0.15) is 27.7 Å². The SMILES string of the molecule is C=C/C=C(\C=C(C)C)CN(C)C(C)C. The van der Waals surface area contributed by atoms with Crippen molar-refractivity contribution in [3.05, 3.63) is 36.0 Å². The molecule has 0 aromatic heterocycles. The molecule has 0 spiro atoms. The van der Waals surface area contributed by atoms with Crippen LogP contribution in [0.5, 0.6) is 0 Å². The van der Waals surface area contributed by atoms with Gasteiger partial charge in [0.1, 0.15) is 0 Å². The van der Waals surface area contributed by atoms with Crippen LogP contribution < -0.4 is 0 Å². The van der Waals surface area contributed by atoms with Gasteiger partial charge in [-0.1, -0.05) is 30.4 Å². The lowest BCUT2D eigenvalue weighted by molar-refractivity contribution is 0.298. The van der Waals surface area contributed by atoms with Crippen LogP contribution >= 0.6 is 0 Å². The molecular weight excluding hydrogens is 170 g/mol. The van der Waals surface area contributed by atoms with E-state index in [9.17, 15) is 0 Å². The Morgan fingerprint density at radius 2 is 1.93 bits per heavy atom. The lowest BCUT2D eigenvalue weighted by Crippen LogP contribution is -2.28. The van der Waals surface area contributed by atoms with Crippen molar-refractivity contribution in [2.24, 2.45) is 0 Å². The van der Waals surface area contributed by atoms with Crippen molar-refractivity contribution in [1.82, 2.24) is 4.90 Å². The molecule has 1 nitrogen and oxygen atoms in total. The summed E-state index contributed by atoms with van der Waals surface area (Å²) in [6.07, 6.45) is 6.13. The highest BCUT2D eigenvalue weighted by Gasteiger charge is 2.03. The van der Waals surface area contributed by atoms with Crippen LogP contribution in [0.25, 0.3) is 0 Å². The Labute approximate surface area is 88.8 Å². The summed E-state index contributed by atoms with van der Waals surface area (Å²) in [5.41, 5.74) is 2.64. The molecule has 0 aliphatic carbocycles. The molecule has 1 heteroatoms. The van der Waals surface area contributed by atoms with E-state index in [4.69, 9.17) is 0 Å². The van der Waals surface area contributed by atoms with Crippen LogP contribution in [0.2, 0.25) is 0 Å². The summed E-state index contributed by atoms with van der Waals surface area (Å²) in [4.78, 5) is 2.31. The number of hydrogen-bond acceptors (Lipinski definition) is 1. The van der Waals surface area contributed by atoms with Gasteiger partial charge in [-0.2, -0.15) is 0 Å². The van der Waals surface area contributed by atoms with Crippen molar-refractivity contribution in [2.45, 2.75) is 33.7 Å². The van der Waals surface area contributed by atoms with Gasteiger partial charge >= 0.3 is 0 Å². The predicted octanol–water partition coefficient (Wildman–Crippen LogP) is 3.41. The average molecular weight is 193 g/mol. The second-order valence-electron chi connectivity index (χ2n) is 4.21. The van der Waals surface area contributed by atoms with Gasteiger partial charge in [0.25, 0.3) is 0 Å². The lowest BCUT2D eigenvalue weighted by atomic mass is 10.1. The molecule has 0 atom stereocenters. The van der Waals surface area contributed by atoms with E-state index in [0.29, 0.717) is 6.04 Å². The quantitative estimate of drug-likeness (QED) is 0.605. The molecule has 0 aromatic carbocycles. The standard InChI is InChI=1S/C13H23N/c1-7-8-13(9-11(2)3)10-14(6)12(4)5/h7-9,12H,1,10H2,2-6H3/b13-8+. The molecule has 14 heavy (non-hydrogen) atoms. The summed E-state index contributed by atoms with van der Waals surface area (Å²) in [6, 6.07) is 0.578. The van der Waals surface area contributed by atoms with Gasteiger partial charge in [-0.25, -0.2) is 0 Å². The van der Waals surface area contributed by atoms with Gasteiger partial charge in [0.2, 0.25) is 0 Å². The maximum absolute atomic E-state index is 3.74. The maximum Gasteiger partial charge on any atom is 0.0233 e. The van der Waals surface area contributed by atoms with Crippen LogP contribution in [-0.4, -0.2) is 24.5 Å². The Bertz CT molecular complexity index is 230. The molecule has 0 bridgehead atoms. The number of rotatable bonds is 5. The molecule has 0 saturated carbocycles. The first-order valence-electron chi connectivity index (χ1n) is 5.14. The van der Waals surface area contributed by atoms with E-state index < -0.39 is 0 Å². The van der Waals surface area contributed by atoms with E-state index in [2.05, 4.69) is 58.4 Å². The van der Waals surface area contributed by atoms with Gasteiger partial charge in [-0.05, 0) is 40.3 Å². The minimum Gasteiger partial charge on any atom is -0.300 e. The topological polar surface area (TPSA) is 3.24 Å². The third-order valence-corrected chi connectivity index (χ3v) is 2.12. The highest BCUT2D eigenvalue weighted by Crippen LogP contribution is 2.06. The summed E-state index contributed by atoms with van der Waals surface area (Å²) in [6.45, 7) is 13.4. The Hall–Kier alpha value is -0.820. The monoisotopic (exact) mass is 193 g/mol. The number of hydrogen-bond donors (Lipinski definition) is 0. The Kier molecular flexibility index (Phi) is 6.22. The average Bonchev–Trinajstić information content (AvgIpc) is 2.02. The van der Waals surface area contributed by atoms with E-state index >= 15 is 0 Å². The molecule has 0 N–H and O–H groups in total. The summed E-state index contributed by atoms with van der Waals surface area (Å²) >= 11 is 0. The normalized spacial score (nSPS) is 12.1. The first-order valence-corrected chi connectivity index (χ1v) is 5.14. The molecule has 0 amide bonds. The lowest BCUT2D eigenvalue weighted by Gasteiger charge is -2.21. The minimum atomic E-state index is 0.578. The fraction of sp³-hybridized carbons (Fsp3) is 0.538. The molecule has 0 saturated heterocycles. The second-order valence-corrected chi connectivity index (χ2v) is 4.21. The first-order chi connectivity index (χ1) is 6.47. The Balaban J connectivity index is 4.47. The van der Waals surface area contributed by atoms with Gasteiger partial charge in [-0.3, -0.25) is 4.90 Å². The number of allylic oxidation sites excluding steroid dienone is 3. The maximum atomic E-state index is 3.74. The Morgan fingerprint density at radius 3 is 2.29 bits per heavy atom. The molecule has 0 aliphatic rings. The van der Waals surface area contributed by atoms with Gasteiger partial charge in [0.05, 0.1) is 0 Å². The third kappa shape index (κ3) is 5.76. The van der Waals surface area contributed by atoms with E-state index in [0.717, 1.165) is 6.54 Å². The zero-order chi connectivity index (χ0) is 11.1. The van der Waals surface area contributed by atoms with Crippen molar-refractivity contribution in [3.63, 3.8) is 0 Å². The van der Waals surface area contributed by atoms with Gasteiger partial charge in [0, 0.05) is 12.6 Å². The molecule has 0 unspecified atom stereocenters. The highest BCUT2D eigenvalue weighted by atomic mass is 15.1. The van der Waals surface area contributed by atoms with Crippen LogP contribution in [0.15, 0.2) is 36.0 Å².